The van der Waals surface area contributed by atoms with E-state index in [2.05, 4.69) is 5.32 Å². The van der Waals surface area contributed by atoms with E-state index >= 15 is 0 Å². The highest BCUT2D eigenvalue weighted by atomic mass is 16.6. The molecule has 0 aliphatic heterocycles. The molecule has 0 atom stereocenters. The minimum atomic E-state index is -0.468. The van der Waals surface area contributed by atoms with E-state index in [1.165, 1.54) is 0 Å². The summed E-state index contributed by atoms with van der Waals surface area (Å²) < 4.78 is 10.2. The highest BCUT2D eigenvalue weighted by molar-refractivity contribution is 5.68. The van der Waals surface area contributed by atoms with Crippen LogP contribution in [0.15, 0.2) is 30.3 Å². The molecule has 0 radical (unpaired) electrons. The third-order valence-corrected chi connectivity index (χ3v) is 2.19. The summed E-state index contributed by atoms with van der Waals surface area (Å²) in [5.74, 6) is 0.823. The zero-order chi connectivity index (χ0) is 14.3. The van der Waals surface area contributed by atoms with E-state index in [1.54, 1.807) is 7.11 Å². The van der Waals surface area contributed by atoms with Crippen LogP contribution in [0.2, 0.25) is 0 Å². The third kappa shape index (κ3) is 6.50. The maximum absolute atomic E-state index is 11.4. The monoisotopic (exact) mass is 263 g/mol. The van der Waals surface area contributed by atoms with Crippen molar-refractivity contribution in [2.45, 2.75) is 26.4 Å². The molecule has 4 nitrogen and oxygen atoms in total. The number of rotatable bonds is 4. The Labute approximate surface area is 114 Å². The molecule has 0 saturated heterocycles. The molecule has 4 heteroatoms. The zero-order valence-corrected chi connectivity index (χ0v) is 11.9. The molecule has 1 rings (SSSR count). The lowest BCUT2D eigenvalue weighted by atomic mass is 10.2. The van der Waals surface area contributed by atoms with E-state index < -0.39 is 11.7 Å². The Morgan fingerprint density at radius 2 is 1.89 bits per heavy atom. The van der Waals surface area contributed by atoms with Crippen molar-refractivity contribution in [2.24, 2.45) is 0 Å². The first-order valence-electron chi connectivity index (χ1n) is 6.18. The highest BCUT2D eigenvalue weighted by Gasteiger charge is 2.14. The van der Waals surface area contributed by atoms with Gasteiger partial charge in [0.2, 0.25) is 0 Å². The summed E-state index contributed by atoms with van der Waals surface area (Å²) in [6.45, 7) is 5.93. The minimum absolute atomic E-state index is 0.410. The molecule has 0 spiro atoms. The summed E-state index contributed by atoms with van der Waals surface area (Å²) in [4.78, 5) is 11.4. The smallest absolute Gasteiger partial charge is 0.407 e. The summed E-state index contributed by atoms with van der Waals surface area (Å²) in [5.41, 5.74) is 0.579. The van der Waals surface area contributed by atoms with Gasteiger partial charge in [-0.1, -0.05) is 24.3 Å². The van der Waals surface area contributed by atoms with Crippen LogP contribution in [-0.2, 0) is 4.74 Å². The van der Waals surface area contributed by atoms with Crippen LogP contribution in [0.4, 0.5) is 4.79 Å². The van der Waals surface area contributed by atoms with Crippen LogP contribution in [0.25, 0.3) is 6.08 Å². The molecule has 1 aromatic rings. The Bertz CT molecular complexity index is 430. The number of ether oxygens (including phenoxy) is 2. The molecule has 0 aromatic heterocycles. The maximum Gasteiger partial charge on any atom is 0.407 e. The molecular weight excluding hydrogens is 242 g/mol. The second-order valence-corrected chi connectivity index (χ2v) is 5.06. The van der Waals surface area contributed by atoms with Crippen molar-refractivity contribution in [1.29, 1.82) is 0 Å². The largest absolute Gasteiger partial charge is 0.497 e. The SMILES string of the molecule is COc1ccc(C=CCNC(=O)OC(C)(C)C)cc1. The lowest BCUT2D eigenvalue weighted by molar-refractivity contribution is 0.0534. The van der Waals surface area contributed by atoms with Gasteiger partial charge in [-0.05, 0) is 38.5 Å². The predicted molar refractivity (Wildman–Crippen MR) is 76.3 cm³/mol. The summed E-state index contributed by atoms with van der Waals surface area (Å²) in [6, 6.07) is 7.67. The van der Waals surface area contributed by atoms with E-state index in [0.717, 1.165) is 11.3 Å². The molecule has 0 aliphatic carbocycles. The summed E-state index contributed by atoms with van der Waals surface area (Å²) >= 11 is 0. The van der Waals surface area contributed by atoms with Gasteiger partial charge in [-0.15, -0.1) is 0 Å². The van der Waals surface area contributed by atoms with Gasteiger partial charge in [0.15, 0.2) is 0 Å². The van der Waals surface area contributed by atoms with Crippen molar-refractivity contribution >= 4 is 12.2 Å². The van der Waals surface area contributed by atoms with Crippen molar-refractivity contribution in [1.82, 2.24) is 5.32 Å². The Hall–Kier alpha value is -1.97. The van der Waals surface area contributed by atoms with Gasteiger partial charge in [0.1, 0.15) is 11.4 Å². The van der Waals surface area contributed by atoms with Crippen LogP contribution in [0.1, 0.15) is 26.3 Å². The van der Waals surface area contributed by atoms with Crippen LogP contribution in [0, 0.1) is 0 Å². The van der Waals surface area contributed by atoms with Crippen molar-refractivity contribution in [2.75, 3.05) is 13.7 Å². The molecule has 1 amide bonds. The highest BCUT2D eigenvalue weighted by Crippen LogP contribution is 2.12. The number of nitrogens with one attached hydrogen (secondary N) is 1. The lowest BCUT2D eigenvalue weighted by Gasteiger charge is -2.19. The standard InChI is InChI=1S/C15H21NO3/c1-15(2,3)19-14(17)16-11-5-6-12-7-9-13(18-4)10-8-12/h5-10H,11H2,1-4H3,(H,16,17). The molecule has 0 saturated carbocycles. The predicted octanol–water partition coefficient (Wildman–Crippen LogP) is 3.23. The molecule has 0 heterocycles. The first-order chi connectivity index (χ1) is 8.90. The number of amides is 1. The van der Waals surface area contributed by atoms with E-state index in [9.17, 15) is 4.79 Å². The molecule has 0 unspecified atom stereocenters. The van der Waals surface area contributed by atoms with E-state index in [-0.39, 0.29) is 0 Å². The number of carbonyl (C=O) groups is 1. The third-order valence-electron chi connectivity index (χ3n) is 2.19. The van der Waals surface area contributed by atoms with Crippen molar-refractivity contribution < 1.29 is 14.3 Å². The van der Waals surface area contributed by atoms with Crippen molar-refractivity contribution in [3.8, 4) is 5.75 Å². The first-order valence-corrected chi connectivity index (χ1v) is 6.18. The Kier molecular flexibility index (Phi) is 5.42. The van der Waals surface area contributed by atoms with Gasteiger partial charge in [-0.3, -0.25) is 0 Å². The van der Waals surface area contributed by atoms with E-state index in [4.69, 9.17) is 9.47 Å². The number of alkyl carbamates (subject to hydrolysis) is 1. The number of methoxy groups -OCH3 is 1. The van der Waals surface area contributed by atoms with E-state index in [0.29, 0.717) is 6.54 Å². The molecule has 0 bridgehead atoms. The topological polar surface area (TPSA) is 47.6 Å². The van der Waals surface area contributed by atoms with Gasteiger partial charge in [0.05, 0.1) is 7.11 Å². The zero-order valence-electron chi connectivity index (χ0n) is 11.9. The second kappa shape index (κ2) is 6.83. The molecule has 104 valence electrons. The normalized spacial score (nSPS) is 11.4. The molecule has 0 aliphatic rings. The van der Waals surface area contributed by atoms with Gasteiger partial charge < -0.3 is 14.8 Å². The van der Waals surface area contributed by atoms with Gasteiger partial charge >= 0.3 is 6.09 Å². The number of hydrogen-bond acceptors (Lipinski definition) is 3. The Balaban J connectivity index is 2.35. The average molecular weight is 263 g/mol. The molecular formula is C15H21NO3. The van der Waals surface area contributed by atoms with Gasteiger partial charge in [0, 0.05) is 6.54 Å². The fourth-order valence-corrected chi connectivity index (χ4v) is 1.37. The van der Waals surface area contributed by atoms with Gasteiger partial charge in [0.25, 0.3) is 0 Å². The van der Waals surface area contributed by atoms with Gasteiger partial charge in [-0.25, -0.2) is 4.79 Å². The molecule has 1 aromatic carbocycles. The summed E-state index contributed by atoms with van der Waals surface area (Å²) in [5, 5.41) is 2.66. The van der Waals surface area contributed by atoms with Crippen molar-refractivity contribution in [3.05, 3.63) is 35.9 Å². The average Bonchev–Trinajstić information content (AvgIpc) is 2.33. The first kappa shape index (κ1) is 15.1. The van der Waals surface area contributed by atoms with Gasteiger partial charge in [-0.2, -0.15) is 0 Å². The Morgan fingerprint density at radius 3 is 2.42 bits per heavy atom. The quantitative estimate of drug-likeness (QED) is 0.907. The van der Waals surface area contributed by atoms with Crippen LogP contribution in [0.5, 0.6) is 5.75 Å². The maximum atomic E-state index is 11.4. The van der Waals surface area contributed by atoms with Crippen molar-refractivity contribution in [3.63, 3.8) is 0 Å². The number of benzene rings is 1. The Morgan fingerprint density at radius 1 is 1.26 bits per heavy atom. The molecule has 0 fully saturated rings. The second-order valence-electron chi connectivity index (χ2n) is 5.06. The fourth-order valence-electron chi connectivity index (χ4n) is 1.37. The molecule has 19 heavy (non-hydrogen) atoms. The van der Waals surface area contributed by atoms with Crippen LogP contribution in [0.3, 0.4) is 0 Å². The van der Waals surface area contributed by atoms with Crippen LogP contribution >= 0.6 is 0 Å². The fraction of sp³-hybridized carbons (Fsp3) is 0.400. The summed E-state index contributed by atoms with van der Waals surface area (Å²) in [6.07, 6.45) is 3.38. The molecule has 1 N–H and O–H groups in total. The number of carbonyl (C=O) groups excluding carboxylic acids is 1. The lowest BCUT2D eigenvalue weighted by Crippen LogP contribution is -2.32. The minimum Gasteiger partial charge on any atom is -0.497 e. The van der Waals surface area contributed by atoms with E-state index in [1.807, 2.05) is 57.2 Å². The van der Waals surface area contributed by atoms with Crippen LogP contribution < -0.4 is 10.1 Å². The number of hydrogen-bond donors (Lipinski definition) is 1. The van der Waals surface area contributed by atoms with Crippen LogP contribution in [-0.4, -0.2) is 25.3 Å². The summed E-state index contributed by atoms with van der Waals surface area (Å²) in [7, 11) is 1.63.